The van der Waals surface area contributed by atoms with Gasteiger partial charge in [-0.05, 0) is 67.6 Å². The molecule has 0 unspecified atom stereocenters. The monoisotopic (exact) mass is 440 g/mol. The van der Waals surface area contributed by atoms with Gasteiger partial charge in [-0.1, -0.05) is 43.7 Å². The summed E-state index contributed by atoms with van der Waals surface area (Å²) < 4.78 is 16.8. The third-order valence-electron chi connectivity index (χ3n) is 7.10. The normalized spacial score (nSPS) is 13.7. The summed E-state index contributed by atoms with van der Waals surface area (Å²) in [5, 5.41) is 4.62. The molecule has 1 aliphatic carbocycles. The Balaban J connectivity index is 1.80. The van der Waals surface area contributed by atoms with Crippen molar-refractivity contribution in [1.82, 2.24) is 19.7 Å². The highest BCUT2D eigenvalue weighted by Crippen LogP contribution is 2.44. The van der Waals surface area contributed by atoms with Crippen LogP contribution in [0.4, 0.5) is 4.39 Å². The van der Waals surface area contributed by atoms with Crippen LogP contribution in [0.1, 0.15) is 54.2 Å². The predicted molar refractivity (Wildman–Crippen MR) is 131 cm³/mol. The Morgan fingerprint density at radius 3 is 2.39 bits per heavy atom. The molecule has 0 radical (unpaired) electrons. The van der Waals surface area contributed by atoms with Gasteiger partial charge in [0.1, 0.15) is 12.5 Å². The lowest BCUT2D eigenvalue weighted by Crippen LogP contribution is -2.29. The van der Waals surface area contributed by atoms with Crippen LogP contribution >= 0.6 is 0 Å². The third kappa shape index (κ3) is 3.38. The summed E-state index contributed by atoms with van der Waals surface area (Å²) in [6.45, 7) is 11.8. The molecule has 2 aromatic heterocycles. The van der Waals surface area contributed by atoms with Crippen LogP contribution in [0.15, 0.2) is 48.9 Å². The van der Waals surface area contributed by atoms with Gasteiger partial charge in [0.15, 0.2) is 5.82 Å². The molecule has 0 amide bonds. The van der Waals surface area contributed by atoms with E-state index in [0.29, 0.717) is 0 Å². The fourth-order valence-electron chi connectivity index (χ4n) is 5.07. The van der Waals surface area contributed by atoms with E-state index in [1.165, 1.54) is 16.7 Å². The third-order valence-corrected chi connectivity index (χ3v) is 7.10. The Labute approximate surface area is 194 Å². The van der Waals surface area contributed by atoms with E-state index in [1.54, 1.807) is 13.3 Å². The maximum atomic E-state index is 14.9. The first-order valence-corrected chi connectivity index (χ1v) is 11.4. The summed E-state index contributed by atoms with van der Waals surface area (Å²) in [6, 6.07) is 12.7. The molecule has 0 saturated heterocycles. The van der Waals surface area contributed by atoms with Crippen molar-refractivity contribution in [1.29, 1.82) is 0 Å². The first kappa shape index (κ1) is 21.5. The molecule has 2 heterocycles. The summed E-state index contributed by atoms with van der Waals surface area (Å²) >= 11 is 0. The summed E-state index contributed by atoms with van der Waals surface area (Å²) in [4.78, 5) is 9.34. The van der Waals surface area contributed by atoms with E-state index in [2.05, 4.69) is 61.2 Å². The Hall–Kier alpha value is -3.34. The van der Waals surface area contributed by atoms with Gasteiger partial charge in [0.25, 0.3) is 0 Å². The molecule has 1 aliphatic rings. The first-order valence-electron chi connectivity index (χ1n) is 11.4. The van der Waals surface area contributed by atoms with E-state index in [1.807, 2.05) is 30.8 Å². The second-order valence-electron chi connectivity index (χ2n) is 9.82. The molecule has 5 heteroatoms. The van der Waals surface area contributed by atoms with Crippen molar-refractivity contribution in [2.24, 2.45) is 0 Å². The predicted octanol–water partition coefficient (Wildman–Crippen LogP) is 6.46. The maximum Gasteiger partial charge on any atom is 0.163 e. The standard InChI is InChI=1S/C28H29FN4/c1-16-10-17(2)26(18(3)11-16)33-27(31-15-32-33)23-14-22-21(12-20-8-7-9-30-25(20)22)13-24(23)28(5,6)19(4)29/h7-11,13-15,19H,12H2,1-6H3/t19-/m1/s1. The summed E-state index contributed by atoms with van der Waals surface area (Å²) in [5.41, 5.74) is 10.1. The average Bonchev–Trinajstić information content (AvgIpc) is 3.36. The largest absolute Gasteiger partial charge is 0.256 e. The number of nitrogens with zero attached hydrogens (tertiary/aromatic N) is 4. The number of aromatic nitrogens is 4. The minimum Gasteiger partial charge on any atom is -0.256 e. The Morgan fingerprint density at radius 2 is 1.70 bits per heavy atom. The van der Waals surface area contributed by atoms with Crippen LogP contribution in [-0.4, -0.2) is 25.9 Å². The molecule has 0 N–H and O–H groups in total. The van der Waals surface area contributed by atoms with Gasteiger partial charge in [-0.15, -0.1) is 0 Å². The van der Waals surface area contributed by atoms with Gasteiger partial charge in [-0.25, -0.2) is 14.1 Å². The number of rotatable bonds is 4. The van der Waals surface area contributed by atoms with E-state index in [-0.39, 0.29) is 0 Å². The molecule has 0 spiro atoms. The van der Waals surface area contributed by atoms with E-state index in [4.69, 9.17) is 4.98 Å². The van der Waals surface area contributed by atoms with Crippen LogP contribution in [0, 0.1) is 20.8 Å². The molecule has 0 fully saturated rings. The molecule has 4 aromatic rings. The van der Waals surface area contributed by atoms with Crippen LogP contribution in [0.5, 0.6) is 0 Å². The molecule has 1 atom stereocenters. The smallest absolute Gasteiger partial charge is 0.163 e. The quantitative estimate of drug-likeness (QED) is 0.322. The van der Waals surface area contributed by atoms with Crippen LogP contribution < -0.4 is 0 Å². The number of hydrogen-bond acceptors (Lipinski definition) is 3. The van der Waals surface area contributed by atoms with Crippen LogP contribution in [0.3, 0.4) is 0 Å². The average molecular weight is 441 g/mol. The van der Waals surface area contributed by atoms with Crippen molar-refractivity contribution in [2.45, 2.75) is 59.5 Å². The van der Waals surface area contributed by atoms with Crippen molar-refractivity contribution in [3.05, 3.63) is 82.3 Å². The SMILES string of the molecule is Cc1cc(C)c(-n2ncnc2-c2cc3c(cc2C(C)(C)[C@@H](C)F)Cc2cccnc2-3)c(C)c1. The molecule has 33 heavy (non-hydrogen) atoms. The highest BCUT2D eigenvalue weighted by molar-refractivity contribution is 5.80. The van der Waals surface area contributed by atoms with Gasteiger partial charge in [-0.2, -0.15) is 5.10 Å². The van der Waals surface area contributed by atoms with Crippen LogP contribution in [0.25, 0.3) is 28.3 Å². The second-order valence-corrected chi connectivity index (χ2v) is 9.82. The fourth-order valence-corrected chi connectivity index (χ4v) is 5.07. The van der Waals surface area contributed by atoms with Gasteiger partial charge in [0.2, 0.25) is 0 Å². The highest BCUT2D eigenvalue weighted by Gasteiger charge is 2.34. The van der Waals surface area contributed by atoms with Crippen molar-refractivity contribution in [2.75, 3.05) is 0 Å². The number of aryl methyl sites for hydroxylation is 3. The molecule has 0 bridgehead atoms. The van der Waals surface area contributed by atoms with Crippen molar-refractivity contribution in [3.63, 3.8) is 0 Å². The van der Waals surface area contributed by atoms with Gasteiger partial charge < -0.3 is 0 Å². The Bertz CT molecular complexity index is 1360. The van der Waals surface area contributed by atoms with E-state index < -0.39 is 11.6 Å². The number of benzene rings is 2. The zero-order chi connectivity index (χ0) is 23.5. The van der Waals surface area contributed by atoms with Gasteiger partial charge in [0.05, 0.1) is 11.4 Å². The molecule has 168 valence electrons. The molecular formula is C28H29FN4. The summed E-state index contributed by atoms with van der Waals surface area (Å²) in [6.07, 6.45) is 3.20. The number of pyridine rings is 1. The maximum absolute atomic E-state index is 14.9. The van der Waals surface area contributed by atoms with Crippen molar-refractivity contribution < 1.29 is 4.39 Å². The van der Waals surface area contributed by atoms with E-state index in [0.717, 1.165) is 51.4 Å². The zero-order valence-corrected chi connectivity index (χ0v) is 20.1. The van der Waals surface area contributed by atoms with Gasteiger partial charge >= 0.3 is 0 Å². The van der Waals surface area contributed by atoms with Gasteiger partial charge in [0, 0.05) is 29.2 Å². The number of halogens is 1. The number of alkyl halides is 1. The molecule has 0 aliphatic heterocycles. The molecule has 2 aromatic carbocycles. The lowest BCUT2D eigenvalue weighted by atomic mass is 9.77. The highest BCUT2D eigenvalue weighted by atomic mass is 19.1. The molecule has 5 rings (SSSR count). The Kier molecular flexibility index (Phi) is 4.96. The fraction of sp³-hybridized carbons (Fsp3) is 0.321. The molecule has 4 nitrogen and oxygen atoms in total. The summed E-state index contributed by atoms with van der Waals surface area (Å²) in [5.74, 6) is 0.723. The van der Waals surface area contributed by atoms with Crippen LogP contribution in [0.2, 0.25) is 0 Å². The van der Waals surface area contributed by atoms with Crippen molar-refractivity contribution >= 4 is 0 Å². The lowest BCUT2D eigenvalue weighted by Gasteiger charge is -2.30. The van der Waals surface area contributed by atoms with E-state index >= 15 is 0 Å². The van der Waals surface area contributed by atoms with Gasteiger partial charge in [-0.3, -0.25) is 4.98 Å². The molecular weight excluding hydrogens is 411 g/mol. The Morgan fingerprint density at radius 1 is 0.970 bits per heavy atom. The first-order chi connectivity index (χ1) is 15.7. The lowest BCUT2D eigenvalue weighted by molar-refractivity contribution is 0.237. The zero-order valence-electron chi connectivity index (χ0n) is 20.1. The number of fused-ring (bicyclic) bond motifs is 3. The van der Waals surface area contributed by atoms with Crippen LogP contribution in [-0.2, 0) is 11.8 Å². The second kappa shape index (κ2) is 7.62. The van der Waals surface area contributed by atoms with E-state index in [9.17, 15) is 4.39 Å². The summed E-state index contributed by atoms with van der Waals surface area (Å²) in [7, 11) is 0. The van der Waals surface area contributed by atoms with Crippen molar-refractivity contribution in [3.8, 4) is 28.3 Å². The number of hydrogen-bond donors (Lipinski definition) is 0. The molecule has 0 saturated carbocycles. The minimum absolute atomic E-state index is 0.694. The minimum atomic E-state index is -1.03. The topological polar surface area (TPSA) is 43.6 Å².